The third-order valence-electron chi connectivity index (χ3n) is 20.4. The maximum atomic E-state index is 11.0. The van der Waals surface area contributed by atoms with Crippen LogP contribution in [0, 0.1) is 35.5 Å². The smallest absolute Gasteiger partial charge is 1.00 e. The van der Waals surface area contributed by atoms with Crippen molar-refractivity contribution in [1.82, 2.24) is 29.4 Å². The van der Waals surface area contributed by atoms with Gasteiger partial charge in [-0.2, -0.15) is 0 Å². The van der Waals surface area contributed by atoms with E-state index in [1.54, 1.807) is 41.6 Å². The van der Waals surface area contributed by atoms with Crippen LogP contribution < -0.4 is 53.2 Å². The van der Waals surface area contributed by atoms with Crippen molar-refractivity contribution in [2.24, 2.45) is 35.5 Å². The predicted octanol–water partition coefficient (Wildman–Crippen LogP) is 18.1. The molecule has 675 valence electrons. The number of phenolic OH excluding ortho intramolecular Hbond substituents is 1. The van der Waals surface area contributed by atoms with Crippen molar-refractivity contribution in [2.75, 3.05) is 173 Å². The Morgan fingerprint density at radius 3 is 1.09 bits per heavy atom. The van der Waals surface area contributed by atoms with Gasteiger partial charge in [-0.1, -0.05) is 166 Å². The van der Waals surface area contributed by atoms with Crippen LogP contribution in [0.1, 0.15) is 181 Å². The van der Waals surface area contributed by atoms with Gasteiger partial charge in [-0.3, -0.25) is 4.79 Å². The zero-order chi connectivity index (χ0) is 90.2. The molecule has 119 heavy (non-hydrogen) atoms. The molecule has 1 aliphatic heterocycles. The van der Waals surface area contributed by atoms with E-state index < -0.39 is 20.4 Å². The normalized spacial score (nSPS) is 14.8. The fourth-order valence-electron chi connectivity index (χ4n) is 14.3. The summed E-state index contributed by atoms with van der Waals surface area (Å²) in [4.78, 5) is 23.6. The van der Waals surface area contributed by atoms with Crippen molar-refractivity contribution in [3.05, 3.63) is 178 Å². The molecule has 6 aromatic rings. The number of carbonyl (C=O) groups is 1. The molecule has 0 aromatic heterocycles. The molecular formula is C93H160BBr2Cl3MgN6NaO11S. The molecule has 1 heterocycles. The Labute approximate surface area is 807 Å². The average molecular weight is 1900 g/mol. The number of ether oxygens (including phenoxy) is 6. The second-order valence-corrected chi connectivity index (χ2v) is 35.6. The number of hydrogen-bond donors (Lipinski definition) is 3. The van der Waals surface area contributed by atoms with Gasteiger partial charge in [-0.05, 0) is 266 Å². The quantitative estimate of drug-likeness (QED) is 0.0198. The summed E-state index contributed by atoms with van der Waals surface area (Å²) < 4.78 is 51.1. The van der Waals surface area contributed by atoms with Crippen LogP contribution in [0.3, 0.4) is 0 Å². The van der Waals surface area contributed by atoms with E-state index in [1.165, 1.54) is 30.4 Å². The van der Waals surface area contributed by atoms with Crippen LogP contribution in [-0.4, -0.2) is 259 Å². The summed E-state index contributed by atoms with van der Waals surface area (Å²) in [5.41, 5.74) is 4.02. The molecule has 26 heteroatoms. The van der Waals surface area contributed by atoms with Crippen LogP contribution in [0.2, 0.25) is 0 Å². The summed E-state index contributed by atoms with van der Waals surface area (Å²) in [6, 6.07) is 47.4. The number of aliphatic hydroxyl groups is 2. The summed E-state index contributed by atoms with van der Waals surface area (Å²) in [6.45, 7) is 33.2. The Hall–Kier alpha value is -2.76. The standard InChI is InChI=1S/C15H24ClNO.2C15H25NO2.C15H25NO.C14H23NO.C8H17NO.C7H7BrO.C4H8O.B.BrH.Cl2OS.Mg.Na.H2.3H/c1-6-15(16,12(2)11-17(3)4)13-8-7-9-14(10-13)18-5;2*1-6-15(17,12(2)11-16(3)4)13-8-7-9-14(10-13)18-5;1-6-15(12(2)11-16(3)4)13-8-7-9-14(10-13)17-5;1-5-14(11(2)10-15(3)4)12-7-6-8-13(16)9-12;1-5-8(10)7(2)6-9(3)4;1-9-7-4-2-3-6(8)5-7;1-2-4-5-3-1;;;1-4(2)3;;;;;;/h7-10,12H,6,11H2,1-5H3;2*7-10,12,17H,6,11H2,1-5H3;7-10,12,15H,6,11H2,1-5H3;6-9,11,14,16H,5,10H2,1-4H3;7H,5-6H2,1-4H3;2-5H,1H3;1-4H2;;1H;;;;1H;;;/q;;;;;;;;;;;+2;+1;;3*-1/t2*12-,15+;;12-,15+;11-,14+;;;;;;;;;;;;/m00.00............/s1/i;;;;;;;;;;;;;1+2D;;;. The van der Waals surface area contributed by atoms with Crippen LogP contribution >= 0.6 is 65.9 Å². The number of hydrogen-bond acceptors (Lipinski definition) is 17. The van der Waals surface area contributed by atoms with E-state index in [4.69, 9.17) is 47.2 Å². The minimum Gasteiger partial charge on any atom is -1.00 e. The SMILES string of the molecule is Br.C1CCOC1.CCC(=O)C(C)CN(C)C.CCC(O)(c1cccc(OC)c1)C(C)CN(C)C.CC[C@@H](c1cccc(O)c1)[C@@H](C)CN(C)C.CC[C@@H](c1cccc(OC)c1)[C@@H](C)CN(C)C.CC[C@](Cl)(c1cccc(OC)c1)[C@@H](C)CN(C)C.CC[C@](O)(c1cccc(OC)c1)[C@@H](C)CN(C)C.COc1cccc(Br)c1.O=S(Cl)Cl.[2H][3H].[B].[H-].[H-].[H-].[Mg+2].[Na+]. The van der Waals surface area contributed by atoms with E-state index in [2.05, 4.69) is 190 Å². The van der Waals surface area contributed by atoms with Gasteiger partial charge in [0.1, 0.15) is 40.3 Å². The molecule has 3 radical (unpaired) electrons. The van der Waals surface area contributed by atoms with Crippen LogP contribution in [0.15, 0.2) is 150 Å². The molecular weight excluding hydrogens is 1730 g/mol. The summed E-state index contributed by atoms with van der Waals surface area (Å²) in [5, 5.41) is 31.4. The van der Waals surface area contributed by atoms with Gasteiger partial charge < -0.3 is 77.4 Å². The van der Waals surface area contributed by atoms with Crippen LogP contribution in [0.4, 0.5) is 0 Å². The van der Waals surface area contributed by atoms with Gasteiger partial charge in [-0.15, -0.1) is 28.6 Å². The average Bonchev–Trinajstić information content (AvgIpc) is 0.853. The molecule has 0 saturated carbocycles. The first-order valence-electron chi connectivity index (χ1n) is 41.6. The Balaban J connectivity index is -0.000000149. The van der Waals surface area contributed by atoms with Crippen molar-refractivity contribution < 1.29 is 89.6 Å². The minimum absolute atomic E-state index is 0. The number of benzene rings is 6. The number of rotatable bonds is 34. The Bertz CT molecular complexity index is 3380. The second-order valence-electron chi connectivity index (χ2n) is 31.5. The number of methoxy groups -OCH3 is 5. The Kier molecular flexibility index (Phi) is 74.7. The van der Waals surface area contributed by atoms with Gasteiger partial charge in [0, 0.05) is 114 Å². The molecule has 7 rings (SSSR count). The topological polar surface area (TPSA) is 170 Å². The van der Waals surface area contributed by atoms with Crippen molar-refractivity contribution >= 4 is 112 Å². The van der Waals surface area contributed by atoms with Crippen LogP contribution in [-0.2, 0) is 34.8 Å². The fourth-order valence-corrected chi connectivity index (χ4v) is 14.9. The maximum absolute atomic E-state index is 11.0. The largest absolute Gasteiger partial charge is 2.00 e. The van der Waals surface area contributed by atoms with Crippen molar-refractivity contribution in [3.63, 3.8) is 0 Å². The van der Waals surface area contributed by atoms with E-state index in [-0.39, 0.29) is 105 Å². The van der Waals surface area contributed by atoms with Gasteiger partial charge >= 0.3 is 52.6 Å². The molecule has 0 bridgehead atoms. The number of nitrogens with zero attached hydrogens (tertiary/aromatic N) is 6. The zero-order valence-electron chi connectivity index (χ0n) is 83.7. The molecule has 1 fully saturated rings. The molecule has 3 unspecified atom stereocenters. The molecule has 1 saturated heterocycles. The molecule has 17 nitrogen and oxygen atoms in total. The van der Waals surface area contributed by atoms with Crippen LogP contribution in [0.5, 0.6) is 34.5 Å². The monoisotopic (exact) mass is 1890 g/mol. The van der Waals surface area contributed by atoms with E-state index in [1.807, 2.05) is 184 Å². The van der Waals surface area contributed by atoms with Gasteiger partial charge in [0.25, 0.3) is 0 Å². The molecule has 3 N–H and O–H groups in total. The van der Waals surface area contributed by atoms with Crippen molar-refractivity contribution in [1.29, 1.82) is 0 Å². The molecule has 0 amide bonds. The predicted molar refractivity (Wildman–Crippen MR) is 522 cm³/mol. The zero-order valence-corrected chi connectivity index (χ0v) is 88.5. The third kappa shape index (κ3) is 52.8. The van der Waals surface area contributed by atoms with E-state index >= 15 is 0 Å². The molecule has 0 spiro atoms. The fraction of sp³-hybridized carbons (Fsp3) is 0.602. The number of alkyl halides is 1. The number of halogens is 5. The van der Waals surface area contributed by atoms with Gasteiger partial charge in [0.05, 0.1) is 51.6 Å². The number of Topliss-reactive ketones (excluding diaryl/α,β-unsaturated/α-hetero) is 1. The van der Waals surface area contributed by atoms with E-state index in [9.17, 15) is 20.1 Å². The summed E-state index contributed by atoms with van der Waals surface area (Å²) in [6.07, 6.45) is 7.77. The number of ketones is 1. The third-order valence-corrected chi connectivity index (χ3v) is 21.7. The van der Waals surface area contributed by atoms with Gasteiger partial charge in [0.15, 0.2) is 0 Å². The van der Waals surface area contributed by atoms with Crippen molar-refractivity contribution in [2.45, 2.75) is 162 Å². The summed E-state index contributed by atoms with van der Waals surface area (Å²) in [7, 11) is 40.4. The first-order chi connectivity index (χ1) is 55.1. The van der Waals surface area contributed by atoms with Gasteiger partial charge in [-0.25, -0.2) is 4.21 Å². The second kappa shape index (κ2) is 71.3. The number of phenols is 1. The number of aromatic hydroxyl groups is 1. The van der Waals surface area contributed by atoms with Crippen LogP contribution in [0.25, 0.3) is 0 Å². The van der Waals surface area contributed by atoms with E-state index in [0.717, 1.165) is 115 Å². The number of carbonyl (C=O) groups excluding carboxylic acids is 1. The minimum atomic E-state index is -1.67. The molecule has 11 atom stereocenters. The molecule has 0 aliphatic carbocycles. The summed E-state index contributed by atoms with van der Waals surface area (Å²) in [5.74, 6) is 8.26. The Morgan fingerprint density at radius 1 is 0.504 bits per heavy atom. The van der Waals surface area contributed by atoms with E-state index in [0.29, 0.717) is 60.4 Å². The first-order valence-corrected chi connectivity index (χ1v) is 44.6. The Morgan fingerprint density at radius 2 is 0.807 bits per heavy atom. The molecule has 6 aromatic carbocycles. The summed E-state index contributed by atoms with van der Waals surface area (Å²) >= 11 is 10.2. The molecule has 1 aliphatic rings. The van der Waals surface area contributed by atoms with Crippen molar-refractivity contribution in [3.8, 4) is 34.5 Å². The maximum Gasteiger partial charge on any atom is 2.00 e. The van der Waals surface area contributed by atoms with Gasteiger partial charge in [0.2, 0.25) is 9.23 Å². The first kappa shape index (κ1) is 125.